The average molecular weight is 556 g/mol. The molecule has 2 aliphatic rings. The molecule has 0 atom stereocenters. The monoisotopic (exact) mass is 555 g/mol. The Bertz CT molecular complexity index is 1220. The van der Waals surface area contributed by atoms with Crippen LogP contribution in [0.3, 0.4) is 0 Å². The molecule has 0 bridgehead atoms. The van der Waals surface area contributed by atoms with Crippen LogP contribution in [-0.4, -0.2) is 79.1 Å². The second kappa shape index (κ2) is 12.4. The molecular formula is C30H45N5O3S. The number of carbonyl (C=O) groups is 1. The minimum absolute atomic E-state index is 0.00897. The number of likely N-dealkylation sites (tertiary alicyclic amines) is 2. The van der Waals surface area contributed by atoms with Crippen LogP contribution >= 0.6 is 0 Å². The Hall–Kier alpha value is -2.36. The number of hydrogen-bond donors (Lipinski definition) is 1. The van der Waals surface area contributed by atoms with Gasteiger partial charge in [-0.1, -0.05) is 45.0 Å². The van der Waals surface area contributed by atoms with Gasteiger partial charge in [-0.05, 0) is 81.0 Å². The molecule has 1 N–H and O–H groups in total. The van der Waals surface area contributed by atoms with Gasteiger partial charge in [-0.2, -0.15) is 0 Å². The molecule has 214 valence electrons. The first-order valence-electron chi connectivity index (χ1n) is 14.3. The van der Waals surface area contributed by atoms with E-state index < -0.39 is 10.0 Å². The second-order valence-electron chi connectivity index (χ2n) is 12.4. The summed E-state index contributed by atoms with van der Waals surface area (Å²) in [5.41, 5.74) is 5.10. The Morgan fingerprint density at radius 2 is 1.62 bits per heavy atom. The lowest BCUT2D eigenvalue weighted by molar-refractivity contribution is 0.0548. The van der Waals surface area contributed by atoms with Crippen LogP contribution in [0.4, 0.5) is 0 Å². The van der Waals surface area contributed by atoms with Gasteiger partial charge in [-0.25, -0.2) is 23.1 Å². The molecule has 2 fully saturated rings. The highest BCUT2D eigenvalue weighted by Gasteiger charge is 2.31. The van der Waals surface area contributed by atoms with Crippen molar-refractivity contribution in [3.8, 4) is 0 Å². The van der Waals surface area contributed by atoms with Crippen LogP contribution in [0, 0.1) is 12.8 Å². The molecule has 0 saturated carbocycles. The summed E-state index contributed by atoms with van der Waals surface area (Å²) in [5, 5.41) is 0. The fourth-order valence-electron chi connectivity index (χ4n) is 5.76. The Kier molecular flexibility index (Phi) is 9.45. The Balaban J connectivity index is 1.28. The lowest BCUT2D eigenvalue weighted by atomic mass is 9.86. The van der Waals surface area contributed by atoms with E-state index in [9.17, 15) is 13.2 Å². The number of nitrogens with zero attached hydrogens (tertiary/aromatic N) is 4. The van der Waals surface area contributed by atoms with Gasteiger partial charge in [0, 0.05) is 36.9 Å². The zero-order valence-corrected chi connectivity index (χ0v) is 25.1. The van der Waals surface area contributed by atoms with E-state index in [0.29, 0.717) is 24.2 Å². The van der Waals surface area contributed by atoms with E-state index in [0.717, 1.165) is 76.0 Å². The molecule has 0 radical (unpaired) electrons. The van der Waals surface area contributed by atoms with Gasteiger partial charge in [0.15, 0.2) is 0 Å². The van der Waals surface area contributed by atoms with Crippen molar-refractivity contribution >= 4 is 15.9 Å². The van der Waals surface area contributed by atoms with Crippen molar-refractivity contribution in [3.05, 3.63) is 58.7 Å². The molecule has 3 heterocycles. The van der Waals surface area contributed by atoms with E-state index in [2.05, 4.69) is 64.6 Å². The fraction of sp³-hybridized carbons (Fsp3) is 0.633. The van der Waals surface area contributed by atoms with E-state index in [1.165, 1.54) is 23.7 Å². The van der Waals surface area contributed by atoms with Crippen molar-refractivity contribution < 1.29 is 13.2 Å². The van der Waals surface area contributed by atoms with Crippen molar-refractivity contribution in [1.29, 1.82) is 0 Å². The number of aryl methyl sites for hydroxylation is 2. The second-order valence-corrected chi connectivity index (χ2v) is 14.2. The Morgan fingerprint density at radius 3 is 2.21 bits per heavy atom. The third-order valence-electron chi connectivity index (χ3n) is 8.41. The van der Waals surface area contributed by atoms with Gasteiger partial charge in [0.2, 0.25) is 10.0 Å². The van der Waals surface area contributed by atoms with E-state index in [-0.39, 0.29) is 11.3 Å². The van der Waals surface area contributed by atoms with E-state index in [1.807, 2.05) is 11.8 Å². The lowest BCUT2D eigenvalue weighted by Crippen LogP contribution is -2.49. The summed E-state index contributed by atoms with van der Waals surface area (Å²) in [6.07, 6.45) is 8.33. The number of rotatable bonds is 8. The molecule has 39 heavy (non-hydrogen) atoms. The van der Waals surface area contributed by atoms with Crippen molar-refractivity contribution in [3.63, 3.8) is 0 Å². The number of carbonyl (C=O) groups excluding carboxylic acids is 1. The zero-order valence-electron chi connectivity index (χ0n) is 24.2. The topological polar surface area (TPSA) is 95.5 Å². The van der Waals surface area contributed by atoms with Gasteiger partial charge in [0.05, 0.1) is 6.26 Å². The van der Waals surface area contributed by atoms with Crippen molar-refractivity contribution in [1.82, 2.24) is 24.5 Å². The van der Waals surface area contributed by atoms with E-state index >= 15 is 0 Å². The summed E-state index contributed by atoms with van der Waals surface area (Å²) >= 11 is 0. The maximum Gasteiger partial charge on any atom is 0.272 e. The van der Waals surface area contributed by atoms with Crippen LogP contribution in [-0.2, 0) is 28.3 Å². The summed E-state index contributed by atoms with van der Waals surface area (Å²) in [4.78, 5) is 26.8. The number of amides is 1. The third-order valence-corrected chi connectivity index (χ3v) is 9.10. The summed E-state index contributed by atoms with van der Waals surface area (Å²) in [6, 6.07) is 9.29. The van der Waals surface area contributed by atoms with Gasteiger partial charge in [0.25, 0.3) is 5.91 Å². The van der Waals surface area contributed by atoms with Crippen molar-refractivity contribution in [2.75, 3.05) is 39.0 Å². The smallest absolute Gasteiger partial charge is 0.272 e. The van der Waals surface area contributed by atoms with E-state index in [4.69, 9.17) is 0 Å². The van der Waals surface area contributed by atoms with Crippen LogP contribution in [0.15, 0.2) is 30.6 Å². The van der Waals surface area contributed by atoms with Crippen molar-refractivity contribution in [2.45, 2.75) is 77.7 Å². The Morgan fingerprint density at radius 1 is 0.974 bits per heavy atom. The molecule has 2 aromatic rings. The molecule has 1 aromatic carbocycles. The number of piperidine rings is 2. The number of sulfonamides is 1. The lowest BCUT2D eigenvalue weighted by Gasteiger charge is -2.41. The number of nitrogens with one attached hydrogen (secondary N) is 1. The largest absolute Gasteiger partial charge is 0.337 e. The zero-order chi connectivity index (χ0) is 28.2. The van der Waals surface area contributed by atoms with Crippen LogP contribution in [0.1, 0.15) is 79.3 Å². The molecule has 8 nitrogen and oxygen atoms in total. The molecule has 0 aliphatic carbocycles. The summed E-state index contributed by atoms with van der Waals surface area (Å²) in [7, 11) is -3.13. The van der Waals surface area contributed by atoms with Crippen LogP contribution in [0.25, 0.3) is 0 Å². The van der Waals surface area contributed by atoms with Gasteiger partial charge in [0.1, 0.15) is 12.0 Å². The summed E-state index contributed by atoms with van der Waals surface area (Å²) < 4.78 is 25.4. The highest BCUT2D eigenvalue weighted by atomic mass is 32.2. The molecule has 1 aromatic heterocycles. The molecular weight excluding hydrogens is 510 g/mol. The van der Waals surface area contributed by atoms with Gasteiger partial charge in [-0.15, -0.1) is 0 Å². The maximum absolute atomic E-state index is 13.4. The summed E-state index contributed by atoms with van der Waals surface area (Å²) in [6.45, 7) is 12.6. The van der Waals surface area contributed by atoms with Crippen LogP contribution in [0.2, 0.25) is 0 Å². The molecule has 4 rings (SSSR count). The molecule has 1 amide bonds. The minimum Gasteiger partial charge on any atom is -0.337 e. The molecule has 2 saturated heterocycles. The highest BCUT2D eigenvalue weighted by molar-refractivity contribution is 7.88. The highest BCUT2D eigenvalue weighted by Crippen LogP contribution is 2.26. The normalized spacial score (nSPS) is 18.4. The first-order chi connectivity index (χ1) is 18.4. The van der Waals surface area contributed by atoms with E-state index in [1.54, 1.807) is 0 Å². The predicted molar refractivity (Wildman–Crippen MR) is 155 cm³/mol. The standard InChI is InChI=1S/C30H45N5O3S/c1-22-27(11-8-23-6-9-25(10-7-23)30(2,3)4)31-21-32-28(22)29(36)35-18-14-26(15-19-35)34-16-12-24(13-17-34)20-33-39(5,37)38/h6-7,9-10,21,24,26,33H,8,11-20H2,1-5H3. The SMILES string of the molecule is Cc1c(CCc2ccc(C(C)(C)C)cc2)ncnc1C(=O)N1CCC(N2CCC(CNS(C)(=O)=O)CC2)CC1. The Labute approximate surface area is 234 Å². The van der Waals surface area contributed by atoms with Gasteiger partial charge >= 0.3 is 0 Å². The number of hydrogen-bond acceptors (Lipinski definition) is 6. The molecule has 9 heteroatoms. The summed E-state index contributed by atoms with van der Waals surface area (Å²) in [5.74, 6) is 0.408. The van der Waals surface area contributed by atoms with Crippen LogP contribution < -0.4 is 4.72 Å². The first kappa shape index (κ1) is 29.6. The fourth-order valence-corrected chi connectivity index (χ4v) is 6.30. The first-order valence-corrected chi connectivity index (χ1v) is 16.2. The molecule has 0 spiro atoms. The number of benzene rings is 1. The van der Waals surface area contributed by atoms with Crippen LogP contribution in [0.5, 0.6) is 0 Å². The molecule has 2 aliphatic heterocycles. The maximum atomic E-state index is 13.4. The number of aromatic nitrogens is 2. The quantitative estimate of drug-likeness (QED) is 0.533. The predicted octanol–water partition coefficient (Wildman–Crippen LogP) is 3.73. The molecule has 0 unspecified atom stereocenters. The average Bonchev–Trinajstić information content (AvgIpc) is 2.91. The van der Waals surface area contributed by atoms with Gasteiger partial charge < -0.3 is 9.80 Å². The minimum atomic E-state index is -3.13. The van der Waals surface area contributed by atoms with Crippen molar-refractivity contribution in [2.24, 2.45) is 5.92 Å². The van der Waals surface area contributed by atoms with Gasteiger partial charge in [-0.3, -0.25) is 4.79 Å². The third kappa shape index (κ3) is 8.08.